The van der Waals surface area contributed by atoms with E-state index in [0.717, 1.165) is 17.0 Å². The molecular weight excluding hydrogens is 344 g/mol. The Kier molecular flexibility index (Phi) is 5.84. The Morgan fingerprint density at radius 2 is 1.74 bits per heavy atom. The van der Waals surface area contributed by atoms with Gasteiger partial charge in [0.25, 0.3) is 0 Å². The van der Waals surface area contributed by atoms with Crippen molar-refractivity contribution in [3.05, 3.63) is 71.9 Å². The molecule has 7 nitrogen and oxygen atoms in total. The topological polar surface area (TPSA) is 85.4 Å². The molecule has 2 N–H and O–H groups in total. The smallest absolute Gasteiger partial charge is 0.337 e. The quantitative estimate of drug-likeness (QED) is 0.619. The van der Waals surface area contributed by atoms with Crippen molar-refractivity contribution < 1.29 is 14.3 Å². The molecule has 0 spiro atoms. The predicted molar refractivity (Wildman–Crippen MR) is 103 cm³/mol. The van der Waals surface area contributed by atoms with E-state index in [4.69, 9.17) is 9.47 Å². The fourth-order valence-electron chi connectivity index (χ4n) is 2.39. The highest BCUT2D eigenvalue weighted by Crippen LogP contribution is 2.17. The van der Waals surface area contributed by atoms with Crippen LogP contribution in [0.4, 0.5) is 17.5 Å². The third-order valence-electron chi connectivity index (χ3n) is 3.84. The summed E-state index contributed by atoms with van der Waals surface area (Å²) >= 11 is 0. The van der Waals surface area contributed by atoms with Crippen molar-refractivity contribution in [2.24, 2.45) is 0 Å². The molecule has 0 fully saturated rings. The molecule has 27 heavy (non-hydrogen) atoms. The SMILES string of the molecule is COC(=O)c1ccc(Nc2ccnc(NCc3ccc(OC)cc3)n2)cc1. The first kappa shape index (κ1) is 18.2. The minimum Gasteiger partial charge on any atom is -0.497 e. The molecule has 0 radical (unpaired) electrons. The van der Waals surface area contributed by atoms with E-state index in [1.54, 1.807) is 43.6 Å². The largest absolute Gasteiger partial charge is 0.497 e. The molecule has 0 aliphatic rings. The van der Waals surface area contributed by atoms with Crippen molar-refractivity contribution in [3.63, 3.8) is 0 Å². The Balaban J connectivity index is 1.61. The zero-order valence-electron chi connectivity index (χ0n) is 15.1. The van der Waals surface area contributed by atoms with Gasteiger partial charge in [-0.05, 0) is 48.0 Å². The highest BCUT2D eigenvalue weighted by molar-refractivity contribution is 5.89. The number of anilines is 3. The summed E-state index contributed by atoms with van der Waals surface area (Å²) in [6, 6.07) is 16.5. The maximum atomic E-state index is 11.5. The van der Waals surface area contributed by atoms with E-state index >= 15 is 0 Å². The first-order valence-corrected chi connectivity index (χ1v) is 8.33. The molecule has 0 unspecified atom stereocenters. The molecule has 0 atom stereocenters. The second kappa shape index (κ2) is 8.66. The number of nitrogens with zero attached hydrogens (tertiary/aromatic N) is 2. The van der Waals surface area contributed by atoms with Crippen molar-refractivity contribution in [1.29, 1.82) is 0 Å². The number of nitrogens with one attached hydrogen (secondary N) is 2. The van der Waals surface area contributed by atoms with Crippen LogP contribution < -0.4 is 15.4 Å². The van der Waals surface area contributed by atoms with Gasteiger partial charge in [-0.2, -0.15) is 4.98 Å². The lowest BCUT2D eigenvalue weighted by molar-refractivity contribution is 0.0601. The van der Waals surface area contributed by atoms with Gasteiger partial charge >= 0.3 is 5.97 Å². The molecule has 0 saturated carbocycles. The van der Waals surface area contributed by atoms with E-state index < -0.39 is 0 Å². The number of carbonyl (C=O) groups excluding carboxylic acids is 1. The summed E-state index contributed by atoms with van der Waals surface area (Å²) in [5.74, 6) is 1.61. The molecule has 3 rings (SSSR count). The van der Waals surface area contributed by atoms with E-state index in [0.29, 0.717) is 23.9 Å². The third-order valence-corrected chi connectivity index (χ3v) is 3.84. The van der Waals surface area contributed by atoms with Gasteiger partial charge in [-0.25, -0.2) is 9.78 Å². The summed E-state index contributed by atoms with van der Waals surface area (Å²) in [6.07, 6.45) is 1.68. The lowest BCUT2D eigenvalue weighted by Gasteiger charge is -2.09. The van der Waals surface area contributed by atoms with E-state index in [2.05, 4.69) is 20.6 Å². The molecule has 1 aromatic heterocycles. The first-order valence-electron chi connectivity index (χ1n) is 8.33. The van der Waals surface area contributed by atoms with Gasteiger partial charge in [-0.15, -0.1) is 0 Å². The molecule has 0 bridgehead atoms. The summed E-state index contributed by atoms with van der Waals surface area (Å²) in [4.78, 5) is 20.1. The number of methoxy groups -OCH3 is 2. The Morgan fingerprint density at radius 3 is 2.41 bits per heavy atom. The fraction of sp³-hybridized carbons (Fsp3) is 0.150. The van der Waals surface area contributed by atoms with Crippen molar-refractivity contribution in [1.82, 2.24) is 9.97 Å². The first-order chi connectivity index (χ1) is 13.2. The van der Waals surface area contributed by atoms with Crippen LogP contribution in [0.15, 0.2) is 60.8 Å². The van der Waals surface area contributed by atoms with Crippen LogP contribution in [-0.4, -0.2) is 30.2 Å². The molecule has 0 saturated heterocycles. The molecule has 0 aliphatic carbocycles. The van der Waals surface area contributed by atoms with Crippen LogP contribution in [0.25, 0.3) is 0 Å². The molecule has 0 aliphatic heterocycles. The van der Waals surface area contributed by atoms with E-state index in [-0.39, 0.29) is 5.97 Å². The van der Waals surface area contributed by atoms with E-state index in [9.17, 15) is 4.79 Å². The van der Waals surface area contributed by atoms with Crippen molar-refractivity contribution >= 4 is 23.4 Å². The molecule has 3 aromatic rings. The van der Waals surface area contributed by atoms with Gasteiger partial charge < -0.3 is 20.1 Å². The minimum absolute atomic E-state index is 0.367. The molecule has 2 aromatic carbocycles. The minimum atomic E-state index is -0.367. The van der Waals surface area contributed by atoms with Gasteiger partial charge in [0.2, 0.25) is 5.95 Å². The lowest BCUT2D eigenvalue weighted by atomic mass is 10.2. The second-order valence-corrected chi connectivity index (χ2v) is 5.66. The number of ether oxygens (including phenoxy) is 2. The zero-order chi connectivity index (χ0) is 19.1. The Morgan fingerprint density at radius 1 is 1.00 bits per heavy atom. The molecule has 138 valence electrons. The molecule has 7 heteroatoms. The molecular formula is C20H20N4O3. The normalized spacial score (nSPS) is 10.1. The Labute approximate surface area is 157 Å². The number of hydrogen-bond donors (Lipinski definition) is 2. The molecule has 1 heterocycles. The van der Waals surface area contributed by atoms with Crippen molar-refractivity contribution in [2.75, 3.05) is 24.9 Å². The van der Waals surface area contributed by atoms with Crippen LogP contribution in [0.3, 0.4) is 0 Å². The van der Waals surface area contributed by atoms with Gasteiger partial charge in [0.05, 0.1) is 19.8 Å². The summed E-state index contributed by atoms with van der Waals surface area (Å²) in [5, 5.41) is 6.37. The average Bonchev–Trinajstić information content (AvgIpc) is 2.73. The van der Waals surface area contributed by atoms with Crippen LogP contribution in [0.1, 0.15) is 15.9 Å². The average molecular weight is 364 g/mol. The maximum Gasteiger partial charge on any atom is 0.337 e. The van der Waals surface area contributed by atoms with Crippen LogP contribution in [0.5, 0.6) is 5.75 Å². The standard InChI is InChI=1S/C20H20N4O3/c1-26-17-9-3-14(4-10-17)13-22-20-21-12-11-18(24-20)23-16-7-5-15(6-8-16)19(25)27-2/h3-12H,13H2,1-2H3,(H2,21,22,23,24). The van der Waals surface area contributed by atoms with E-state index in [1.807, 2.05) is 24.3 Å². The monoisotopic (exact) mass is 364 g/mol. The van der Waals surface area contributed by atoms with Crippen LogP contribution in [-0.2, 0) is 11.3 Å². The predicted octanol–water partition coefficient (Wildman–Crippen LogP) is 3.63. The maximum absolute atomic E-state index is 11.5. The number of rotatable bonds is 7. The van der Waals surface area contributed by atoms with Gasteiger partial charge in [0, 0.05) is 18.4 Å². The zero-order valence-corrected chi connectivity index (χ0v) is 15.1. The number of hydrogen-bond acceptors (Lipinski definition) is 7. The number of carbonyl (C=O) groups is 1. The van der Waals surface area contributed by atoms with Gasteiger partial charge in [0.15, 0.2) is 0 Å². The number of esters is 1. The van der Waals surface area contributed by atoms with Gasteiger partial charge in [-0.3, -0.25) is 0 Å². The van der Waals surface area contributed by atoms with Gasteiger partial charge in [0.1, 0.15) is 11.6 Å². The number of aromatic nitrogens is 2. The summed E-state index contributed by atoms with van der Waals surface area (Å²) < 4.78 is 9.84. The third kappa shape index (κ3) is 4.94. The summed E-state index contributed by atoms with van der Waals surface area (Å²) in [6.45, 7) is 0.598. The summed E-state index contributed by atoms with van der Waals surface area (Å²) in [5.41, 5.74) is 2.39. The molecule has 0 amide bonds. The lowest BCUT2D eigenvalue weighted by Crippen LogP contribution is -2.05. The van der Waals surface area contributed by atoms with Crippen molar-refractivity contribution in [3.8, 4) is 5.75 Å². The fourth-order valence-corrected chi connectivity index (χ4v) is 2.39. The summed E-state index contributed by atoms with van der Waals surface area (Å²) in [7, 11) is 3.00. The second-order valence-electron chi connectivity index (χ2n) is 5.66. The highest BCUT2D eigenvalue weighted by Gasteiger charge is 2.05. The van der Waals surface area contributed by atoms with Crippen LogP contribution in [0.2, 0.25) is 0 Å². The Bertz CT molecular complexity index is 896. The van der Waals surface area contributed by atoms with Crippen molar-refractivity contribution in [2.45, 2.75) is 6.54 Å². The number of benzene rings is 2. The van der Waals surface area contributed by atoms with Crippen LogP contribution >= 0.6 is 0 Å². The van der Waals surface area contributed by atoms with Gasteiger partial charge in [-0.1, -0.05) is 12.1 Å². The van der Waals surface area contributed by atoms with E-state index in [1.165, 1.54) is 7.11 Å². The Hall–Kier alpha value is -3.61. The highest BCUT2D eigenvalue weighted by atomic mass is 16.5. The van der Waals surface area contributed by atoms with Crippen LogP contribution in [0, 0.1) is 0 Å².